The highest BCUT2D eigenvalue weighted by molar-refractivity contribution is 5.92. The van der Waals surface area contributed by atoms with Gasteiger partial charge in [0, 0.05) is 12.2 Å². The van der Waals surface area contributed by atoms with E-state index in [-0.39, 0.29) is 18.4 Å². The number of rotatable bonds is 8. The average molecular weight is 306 g/mol. The summed E-state index contributed by atoms with van der Waals surface area (Å²) in [5.74, 6) is 0.255. The van der Waals surface area contributed by atoms with Crippen LogP contribution >= 0.6 is 0 Å². The van der Waals surface area contributed by atoms with Gasteiger partial charge in [-0.3, -0.25) is 9.59 Å². The van der Waals surface area contributed by atoms with Crippen LogP contribution < -0.4 is 15.5 Å². The summed E-state index contributed by atoms with van der Waals surface area (Å²) in [5, 5.41) is 5.77. The molecule has 122 valence electrons. The lowest BCUT2D eigenvalue weighted by Crippen LogP contribution is -3.11. The molecule has 5 nitrogen and oxygen atoms in total. The molecule has 0 spiro atoms. The molecule has 0 aliphatic carbocycles. The molecular formula is C17H28N3O2+. The predicted octanol–water partition coefficient (Wildman–Crippen LogP) is 0.789. The summed E-state index contributed by atoms with van der Waals surface area (Å²) in [7, 11) is 1.85. The second-order valence-electron chi connectivity index (χ2n) is 5.95. The average Bonchev–Trinajstić information content (AvgIpc) is 2.45. The number of carbonyl (C=O) groups is 2. The summed E-state index contributed by atoms with van der Waals surface area (Å²) < 4.78 is 0. The number of carbonyl (C=O) groups excluding carboxylic acids is 2. The highest BCUT2D eigenvalue weighted by Gasteiger charge is 2.15. The van der Waals surface area contributed by atoms with Gasteiger partial charge in [0.1, 0.15) is 0 Å². The third-order valence-corrected chi connectivity index (χ3v) is 3.35. The van der Waals surface area contributed by atoms with E-state index in [4.69, 9.17) is 0 Å². The van der Waals surface area contributed by atoms with E-state index in [1.807, 2.05) is 38.2 Å². The molecule has 1 aromatic carbocycles. The van der Waals surface area contributed by atoms with Crippen LogP contribution in [0.1, 0.15) is 38.7 Å². The molecular weight excluding hydrogens is 278 g/mol. The van der Waals surface area contributed by atoms with Gasteiger partial charge in [-0.15, -0.1) is 0 Å². The van der Waals surface area contributed by atoms with Crippen LogP contribution in [0.15, 0.2) is 24.3 Å². The Hall–Kier alpha value is -1.88. The number of amides is 2. The molecule has 1 atom stereocenters. The van der Waals surface area contributed by atoms with Gasteiger partial charge in [-0.05, 0) is 24.0 Å². The molecule has 0 aliphatic heterocycles. The van der Waals surface area contributed by atoms with Gasteiger partial charge < -0.3 is 15.5 Å². The molecule has 2 amide bonds. The quantitative estimate of drug-likeness (QED) is 0.665. The summed E-state index contributed by atoms with van der Waals surface area (Å²) in [6, 6.07) is 7.82. The minimum Gasteiger partial charge on any atom is -0.351 e. The first kappa shape index (κ1) is 18.2. The number of hydrogen-bond donors (Lipinski definition) is 3. The number of hydrogen-bond acceptors (Lipinski definition) is 2. The number of nitrogens with one attached hydrogen (secondary N) is 3. The van der Waals surface area contributed by atoms with Crippen molar-refractivity contribution in [2.75, 3.05) is 32.0 Å². The van der Waals surface area contributed by atoms with Gasteiger partial charge in [-0.2, -0.15) is 0 Å². The van der Waals surface area contributed by atoms with Crippen molar-refractivity contribution in [1.29, 1.82) is 0 Å². The van der Waals surface area contributed by atoms with E-state index in [9.17, 15) is 9.59 Å². The molecule has 22 heavy (non-hydrogen) atoms. The lowest BCUT2D eigenvalue weighted by molar-refractivity contribution is -0.862. The standard InChI is InChI=1S/C17H27N3O2/c1-5-10-18-16(21)11-20(4)12-17(22)19-15-9-7-6-8-14(15)13(2)3/h6-9,13H,5,10-12H2,1-4H3,(H,18,21)(H,19,22)/p+1. The topological polar surface area (TPSA) is 62.6 Å². The summed E-state index contributed by atoms with van der Waals surface area (Å²) >= 11 is 0. The zero-order valence-electron chi connectivity index (χ0n) is 14.0. The van der Waals surface area contributed by atoms with Gasteiger partial charge in [0.05, 0.1) is 7.05 Å². The summed E-state index contributed by atoms with van der Waals surface area (Å²) in [6.07, 6.45) is 0.914. The zero-order chi connectivity index (χ0) is 16.5. The molecule has 1 aromatic rings. The number of anilines is 1. The number of para-hydroxylation sites is 1. The SMILES string of the molecule is CCCNC(=O)C[NH+](C)CC(=O)Nc1ccccc1C(C)C. The minimum absolute atomic E-state index is 0.0188. The van der Waals surface area contributed by atoms with Crippen LogP contribution in [0.5, 0.6) is 0 Å². The van der Waals surface area contributed by atoms with Crippen molar-refractivity contribution in [1.82, 2.24) is 5.32 Å². The highest BCUT2D eigenvalue weighted by Crippen LogP contribution is 2.23. The van der Waals surface area contributed by atoms with Gasteiger partial charge in [0.2, 0.25) is 0 Å². The Morgan fingerprint density at radius 2 is 1.77 bits per heavy atom. The molecule has 0 aromatic heterocycles. The number of benzene rings is 1. The van der Waals surface area contributed by atoms with Crippen molar-refractivity contribution >= 4 is 17.5 Å². The maximum atomic E-state index is 12.1. The van der Waals surface area contributed by atoms with E-state index in [1.165, 1.54) is 0 Å². The van der Waals surface area contributed by atoms with Gasteiger partial charge >= 0.3 is 0 Å². The predicted molar refractivity (Wildman–Crippen MR) is 89.1 cm³/mol. The molecule has 5 heteroatoms. The van der Waals surface area contributed by atoms with Crippen LogP contribution in [-0.4, -0.2) is 38.5 Å². The minimum atomic E-state index is -0.0751. The van der Waals surface area contributed by atoms with Gasteiger partial charge in [0.25, 0.3) is 11.8 Å². The second kappa shape index (κ2) is 9.20. The van der Waals surface area contributed by atoms with Crippen LogP contribution in [-0.2, 0) is 9.59 Å². The van der Waals surface area contributed by atoms with Crippen LogP contribution in [0.25, 0.3) is 0 Å². The Morgan fingerprint density at radius 3 is 2.41 bits per heavy atom. The van der Waals surface area contributed by atoms with E-state index >= 15 is 0 Å². The number of quaternary nitrogens is 1. The van der Waals surface area contributed by atoms with Gasteiger partial charge in [-0.1, -0.05) is 39.0 Å². The van der Waals surface area contributed by atoms with Crippen LogP contribution in [0, 0.1) is 0 Å². The van der Waals surface area contributed by atoms with Crippen LogP contribution in [0.2, 0.25) is 0 Å². The van der Waals surface area contributed by atoms with E-state index in [0.717, 1.165) is 22.6 Å². The van der Waals surface area contributed by atoms with E-state index in [1.54, 1.807) is 0 Å². The molecule has 0 saturated carbocycles. The fourth-order valence-corrected chi connectivity index (χ4v) is 2.25. The molecule has 1 rings (SSSR count). The summed E-state index contributed by atoms with van der Waals surface area (Å²) in [4.78, 5) is 24.6. The van der Waals surface area contributed by atoms with Crippen LogP contribution in [0.3, 0.4) is 0 Å². The van der Waals surface area contributed by atoms with Gasteiger partial charge in [-0.25, -0.2) is 0 Å². The van der Waals surface area contributed by atoms with Crippen molar-refractivity contribution < 1.29 is 14.5 Å². The second-order valence-corrected chi connectivity index (χ2v) is 5.95. The fourth-order valence-electron chi connectivity index (χ4n) is 2.25. The summed E-state index contributed by atoms with van der Waals surface area (Å²) in [5.41, 5.74) is 1.97. The lowest BCUT2D eigenvalue weighted by atomic mass is 10.0. The zero-order valence-corrected chi connectivity index (χ0v) is 14.0. The molecule has 0 saturated heterocycles. The third kappa shape index (κ3) is 6.26. The van der Waals surface area contributed by atoms with E-state index in [0.29, 0.717) is 19.0 Å². The third-order valence-electron chi connectivity index (χ3n) is 3.35. The Labute approximate surface area is 133 Å². The first-order chi connectivity index (χ1) is 10.4. The van der Waals surface area contributed by atoms with E-state index in [2.05, 4.69) is 24.5 Å². The smallest absolute Gasteiger partial charge is 0.279 e. The largest absolute Gasteiger partial charge is 0.351 e. The van der Waals surface area contributed by atoms with E-state index < -0.39 is 0 Å². The Balaban J connectivity index is 2.51. The van der Waals surface area contributed by atoms with Crippen molar-refractivity contribution in [2.45, 2.75) is 33.1 Å². The normalized spacial score (nSPS) is 12.0. The van der Waals surface area contributed by atoms with Crippen molar-refractivity contribution in [3.8, 4) is 0 Å². The molecule has 0 bridgehead atoms. The van der Waals surface area contributed by atoms with Crippen molar-refractivity contribution in [2.24, 2.45) is 0 Å². The van der Waals surface area contributed by atoms with Gasteiger partial charge in [0.15, 0.2) is 13.1 Å². The van der Waals surface area contributed by atoms with Crippen LogP contribution in [0.4, 0.5) is 5.69 Å². The maximum absolute atomic E-state index is 12.1. The van der Waals surface area contributed by atoms with Crippen molar-refractivity contribution in [3.63, 3.8) is 0 Å². The fraction of sp³-hybridized carbons (Fsp3) is 0.529. The monoisotopic (exact) mass is 306 g/mol. The Kier molecular flexibility index (Phi) is 7.60. The molecule has 0 heterocycles. The highest BCUT2D eigenvalue weighted by atomic mass is 16.2. The Morgan fingerprint density at radius 1 is 1.14 bits per heavy atom. The Bertz CT molecular complexity index is 500. The molecule has 0 aliphatic rings. The summed E-state index contributed by atoms with van der Waals surface area (Å²) in [6.45, 7) is 7.46. The molecule has 0 fully saturated rings. The maximum Gasteiger partial charge on any atom is 0.279 e. The first-order valence-electron chi connectivity index (χ1n) is 7.90. The molecule has 0 radical (unpaired) electrons. The molecule has 3 N–H and O–H groups in total. The van der Waals surface area contributed by atoms with Crippen molar-refractivity contribution in [3.05, 3.63) is 29.8 Å². The lowest BCUT2D eigenvalue weighted by Gasteiger charge is -2.16. The number of likely N-dealkylation sites (N-methyl/N-ethyl adjacent to an activating group) is 1. The molecule has 1 unspecified atom stereocenters. The first-order valence-corrected chi connectivity index (χ1v) is 7.90.